The molecular formula is C19H22N2O3S. The van der Waals surface area contributed by atoms with E-state index in [4.69, 9.17) is 0 Å². The van der Waals surface area contributed by atoms with Gasteiger partial charge in [0, 0.05) is 29.4 Å². The minimum absolute atomic E-state index is 0.0110. The third kappa shape index (κ3) is 2.82. The molecular weight excluding hydrogens is 336 g/mol. The second kappa shape index (κ2) is 5.80. The predicted molar refractivity (Wildman–Crippen MR) is 97.3 cm³/mol. The molecule has 4 rings (SSSR count). The summed E-state index contributed by atoms with van der Waals surface area (Å²) >= 11 is 0. The molecule has 1 aromatic carbocycles. The number of benzene rings is 1. The van der Waals surface area contributed by atoms with E-state index < -0.39 is 9.84 Å². The first-order chi connectivity index (χ1) is 11.8. The number of pyridine rings is 1. The van der Waals surface area contributed by atoms with Crippen LogP contribution in [0.2, 0.25) is 0 Å². The van der Waals surface area contributed by atoms with E-state index >= 15 is 0 Å². The Labute approximate surface area is 148 Å². The van der Waals surface area contributed by atoms with Crippen LogP contribution in [-0.4, -0.2) is 47.8 Å². The quantitative estimate of drug-likeness (QED) is 0.828. The van der Waals surface area contributed by atoms with Crippen molar-refractivity contribution >= 4 is 26.6 Å². The molecule has 132 valence electrons. The average molecular weight is 358 g/mol. The zero-order chi connectivity index (χ0) is 17.8. The Kier molecular flexibility index (Phi) is 3.83. The van der Waals surface area contributed by atoms with E-state index in [-0.39, 0.29) is 23.2 Å². The summed E-state index contributed by atoms with van der Waals surface area (Å²) in [5, 5.41) is 0.636. The number of rotatable bonds is 2. The van der Waals surface area contributed by atoms with Gasteiger partial charge in [0.05, 0.1) is 16.3 Å². The fourth-order valence-electron chi connectivity index (χ4n) is 4.36. The molecule has 0 aliphatic carbocycles. The van der Waals surface area contributed by atoms with Crippen molar-refractivity contribution < 1.29 is 13.2 Å². The lowest BCUT2D eigenvalue weighted by Gasteiger charge is -2.38. The van der Waals surface area contributed by atoms with Gasteiger partial charge in [-0.15, -0.1) is 0 Å². The SMILES string of the molecule is Cc1ccc2cccc(C(=O)N3C4CCC3CC(S(C)(=O)=O)C4)c2n1. The number of aryl methyl sites for hydroxylation is 1. The number of carbonyl (C=O) groups is 1. The Balaban J connectivity index is 1.70. The van der Waals surface area contributed by atoms with Crippen molar-refractivity contribution in [3.8, 4) is 0 Å². The monoisotopic (exact) mass is 358 g/mol. The highest BCUT2D eigenvalue weighted by molar-refractivity contribution is 7.91. The summed E-state index contributed by atoms with van der Waals surface area (Å²) in [4.78, 5) is 19.8. The zero-order valence-electron chi connectivity index (χ0n) is 14.5. The number of sulfone groups is 1. The van der Waals surface area contributed by atoms with E-state index in [9.17, 15) is 13.2 Å². The van der Waals surface area contributed by atoms with Crippen molar-refractivity contribution in [2.45, 2.75) is 49.9 Å². The van der Waals surface area contributed by atoms with Crippen molar-refractivity contribution in [1.82, 2.24) is 9.88 Å². The van der Waals surface area contributed by atoms with Crippen LogP contribution in [-0.2, 0) is 9.84 Å². The smallest absolute Gasteiger partial charge is 0.256 e. The molecule has 2 aliphatic rings. The van der Waals surface area contributed by atoms with Gasteiger partial charge in [-0.05, 0) is 44.7 Å². The van der Waals surface area contributed by atoms with Gasteiger partial charge in [0.25, 0.3) is 5.91 Å². The number of hydrogen-bond acceptors (Lipinski definition) is 4. The highest BCUT2D eigenvalue weighted by atomic mass is 32.2. The Bertz CT molecular complexity index is 940. The minimum atomic E-state index is -3.06. The topological polar surface area (TPSA) is 67.3 Å². The van der Waals surface area contributed by atoms with Crippen LogP contribution in [0.4, 0.5) is 0 Å². The number of piperidine rings is 1. The van der Waals surface area contributed by atoms with E-state index in [0.29, 0.717) is 18.4 Å². The molecule has 2 saturated heterocycles. The fourth-order valence-corrected chi connectivity index (χ4v) is 5.51. The van der Waals surface area contributed by atoms with Crippen molar-refractivity contribution in [3.05, 3.63) is 41.6 Å². The highest BCUT2D eigenvalue weighted by Crippen LogP contribution is 2.39. The number of carbonyl (C=O) groups excluding carboxylic acids is 1. The minimum Gasteiger partial charge on any atom is -0.333 e. The third-order valence-corrected chi connectivity index (χ3v) is 7.22. The van der Waals surface area contributed by atoms with Crippen LogP contribution in [0.1, 0.15) is 41.7 Å². The molecule has 25 heavy (non-hydrogen) atoms. The molecule has 2 aliphatic heterocycles. The summed E-state index contributed by atoms with van der Waals surface area (Å²) in [5.41, 5.74) is 2.24. The van der Waals surface area contributed by atoms with Gasteiger partial charge in [-0.1, -0.05) is 18.2 Å². The van der Waals surface area contributed by atoms with Gasteiger partial charge in [-0.2, -0.15) is 0 Å². The number of fused-ring (bicyclic) bond motifs is 3. The summed E-state index contributed by atoms with van der Waals surface area (Å²) in [6, 6.07) is 9.65. The summed E-state index contributed by atoms with van der Waals surface area (Å²) in [7, 11) is -3.06. The second-order valence-electron chi connectivity index (χ2n) is 7.35. The summed E-state index contributed by atoms with van der Waals surface area (Å²) in [6.07, 6.45) is 4.20. The summed E-state index contributed by atoms with van der Waals surface area (Å²) in [5.74, 6) is -0.0110. The lowest BCUT2D eigenvalue weighted by Crippen LogP contribution is -2.49. The van der Waals surface area contributed by atoms with Crippen LogP contribution >= 0.6 is 0 Å². The molecule has 0 saturated carbocycles. The van der Waals surface area contributed by atoms with Crippen LogP contribution in [0.5, 0.6) is 0 Å². The largest absolute Gasteiger partial charge is 0.333 e. The van der Waals surface area contributed by atoms with Gasteiger partial charge >= 0.3 is 0 Å². The van der Waals surface area contributed by atoms with Crippen molar-refractivity contribution in [2.75, 3.05) is 6.26 Å². The molecule has 2 aromatic rings. The van der Waals surface area contributed by atoms with Gasteiger partial charge in [0.2, 0.25) is 0 Å². The maximum atomic E-state index is 13.3. The molecule has 5 nitrogen and oxygen atoms in total. The van der Waals surface area contributed by atoms with Gasteiger partial charge < -0.3 is 4.90 Å². The Morgan fingerprint density at radius 2 is 1.80 bits per heavy atom. The van der Waals surface area contributed by atoms with Gasteiger partial charge in [0.1, 0.15) is 9.84 Å². The van der Waals surface area contributed by atoms with Crippen LogP contribution in [0.15, 0.2) is 30.3 Å². The number of para-hydroxylation sites is 1. The first-order valence-electron chi connectivity index (χ1n) is 8.72. The first-order valence-corrected chi connectivity index (χ1v) is 10.7. The fraction of sp³-hybridized carbons (Fsp3) is 0.474. The lowest BCUT2D eigenvalue weighted by molar-refractivity contribution is 0.0600. The second-order valence-corrected chi connectivity index (χ2v) is 9.68. The van der Waals surface area contributed by atoms with Gasteiger partial charge in [0.15, 0.2) is 0 Å². The van der Waals surface area contributed by atoms with Crippen LogP contribution < -0.4 is 0 Å². The van der Waals surface area contributed by atoms with Crippen LogP contribution in [0, 0.1) is 6.92 Å². The van der Waals surface area contributed by atoms with E-state index in [0.717, 1.165) is 29.4 Å². The predicted octanol–water partition coefficient (Wildman–Crippen LogP) is 2.72. The van der Waals surface area contributed by atoms with Crippen molar-refractivity contribution in [1.29, 1.82) is 0 Å². The number of hydrogen-bond donors (Lipinski definition) is 0. The van der Waals surface area contributed by atoms with Crippen LogP contribution in [0.3, 0.4) is 0 Å². The summed E-state index contributed by atoms with van der Waals surface area (Å²) in [6.45, 7) is 1.92. The van der Waals surface area contributed by atoms with Gasteiger partial charge in [-0.3, -0.25) is 9.78 Å². The molecule has 2 bridgehead atoms. The number of amides is 1. The maximum absolute atomic E-state index is 13.3. The van der Waals surface area contributed by atoms with E-state index in [1.807, 2.05) is 42.2 Å². The first kappa shape index (κ1) is 16.5. The maximum Gasteiger partial charge on any atom is 0.256 e. The van der Waals surface area contributed by atoms with E-state index in [2.05, 4.69) is 4.98 Å². The standard InChI is InChI=1S/C19H22N2O3S/c1-12-6-7-13-4-3-5-17(18(13)20-12)19(22)21-14-8-9-15(21)11-16(10-14)25(2,23)24/h3-7,14-16H,8-11H2,1-2H3. The third-order valence-electron chi connectivity index (χ3n) is 5.62. The normalized spacial score (nSPS) is 26.2. The average Bonchev–Trinajstić information content (AvgIpc) is 2.82. The molecule has 0 radical (unpaired) electrons. The molecule has 2 fully saturated rings. The lowest BCUT2D eigenvalue weighted by atomic mass is 10.00. The Morgan fingerprint density at radius 1 is 1.12 bits per heavy atom. The molecule has 0 N–H and O–H groups in total. The molecule has 2 atom stereocenters. The Morgan fingerprint density at radius 3 is 2.44 bits per heavy atom. The molecule has 3 heterocycles. The number of nitrogens with zero attached hydrogens (tertiary/aromatic N) is 2. The molecule has 6 heteroatoms. The van der Waals surface area contributed by atoms with Crippen LogP contribution in [0.25, 0.3) is 10.9 Å². The Hall–Kier alpha value is -1.95. The summed E-state index contributed by atoms with van der Waals surface area (Å²) < 4.78 is 23.9. The van der Waals surface area contributed by atoms with Crippen molar-refractivity contribution in [2.24, 2.45) is 0 Å². The zero-order valence-corrected chi connectivity index (χ0v) is 15.3. The van der Waals surface area contributed by atoms with Crippen molar-refractivity contribution in [3.63, 3.8) is 0 Å². The molecule has 2 unspecified atom stereocenters. The molecule has 0 spiro atoms. The number of aromatic nitrogens is 1. The van der Waals surface area contributed by atoms with E-state index in [1.54, 1.807) is 0 Å². The highest BCUT2D eigenvalue weighted by Gasteiger charge is 2.46. The molecule has 1 aromatic heterocycles. The van der Waals surface area contributed by atoms with E-state index in [1.165, 1.54) is 6.26 Å². The van der Waals surface area contributed by atoms with Gasteiger partial charge in [-0.25, -0.2) is 8.42 Å². The molecule has 1 amide bonds.